The Morgan fingerprint density at radius 1 is 1.38 bits per heavy atom. The smallest absolute Gasteiger partial charge is 0.328 e. The number of carboxylic acids is 1. The number of primary amides is 1. The SMILES string of the molecule is COCC(NC(=O)NC(C)C(N)=O)C(=O)O. The maximum Gasteiger partial charge on any atom is 0.328 e. The number of ether oxygens (including phenoxy) is 1. The van der Waals surface area contributed by atoms with Gasteiger partial charge >= 0.3 is 12.0 Å². The summed E-state index contributed by atoms with van der Waals surface area (Å²) in [6, 6.07) is -2.85. The number of urea groups is 1. The molecule has 0 saturated heterocycles. The number of hydrogen-bond donors (Lipinski definition) is 4. The summed E-state index contributed by atoms with van der Waals surface area (Å²) in [7, 11) is 1.31. The van der Waals surface area contributed by atoms with Gasteiger partial charge in [-0.1, -0.05) is 0 Å². The number of nitrogens with two attached hydrogens (primary N) is 1. The van der Waals surface area contributed by atoms with Crippen LogP contribution in [0.15, 0.2) is 0 Å². The van der Waals surface area contributed by atoms with Crippen LogP contribution >= 0.6 is 0 Å². The molecule has 0 bridgehead atoms. The predicted octanol–water partition coefficient (Wildman–Crippen LogP) is -1.74. The summed E-state index contributed by atoms with van der Waals surface area (Å²) in [4.78, 5) is 32.4. The number of amides is 3. The van der Waals surface area contributed by atoms with Gasteiger partial charge < -0.3 is 26.2 Å². The fraction of sp³-hybridized carbons (Fsp3) is 0.625. The first-order valence-corrected chi connectivity index (χ1v) is 4.46. The molecule has 0 spiro atoms. The van der Waals surface area contributed by atoms with E-state index in [4.69, 9.17) is 10.8 Å². The van der Waals surface area contributed by atoms with Crippen molar-refractivity contribution in [2.24, 2.45) is 5.73 Å². The number of carbonyl (C=O) groups excluding carboxylic acids is 2. The van der Waals surface area contributed by atoms with Gasteiger partial charge in [-0.05, 0) is 6.92 Å². The number of rotatable bonds is 6. The molecule has 0 fully saturated rings. The topological polar surface area (TPSA) is 131 Å². The highest BCUT2D eigenvalue weighted by molar-refractivity contribution is 5.87. The van der Waals surface area contributed by atoms with E-state index >= 15 is 0 Å². The van der Waals surface area contributed by atoms with Gasteiger partial charge in [0.05, 0.1) is 6.61 Å². The Morgan fingerprint density at radius 3 is 2.31 bits per heavy atom. The lowest BCUT2D eigenvalue weighted by atomic mass is 10.3. The van der Waals surface area contributed by atoms with Crippen molar-refractivity contribution in [1.82, 2.24) is 10.6 Å². The Morgan fingerprint density at radius 2 is 1.94 bits per heavy atom. The van der Waals surface area contributed by atoms with Crippen LogP contribution in [0.5, 0.6) is 0 Å². The van der Waals surface area contributed by atoms with Crippen LogP contribution in [0.4, 0.5) is 4.79 Å². The number of hydrogen-bond acceptors (Lipinski definition) is 4. The first-order valence-electron chi connectivity index (χ1n) is 4.46. The lowest BCUT2D eigenvalue weighted by Gasteiger charge is -2.16. The summed E-state index contributed by atoms with van der Waals surface area (Å²) < 4.78 is 4.60. The average molecular weight is 233 g/mol. The molecule has 0 radical (unpaired) electrons. The van der Waals surface area contributed by atoms with E-state index in [2.05, 4.69) is 15.4 Å². The number of methoxy groups -OCH3 is 1. The standard InChI is InChI=1S/C8H15N3O5/c1-4(6(9)12)10-8(15)11-5(3-16-2)7(13)14/h4-5H,3H2,1-2H3,(H2,9,12)(H,13,14)(H2,10,11,15). The van der Waals surface area contributed by atoms with Crippen LogP contribution in [0.3, 0.4) is 0 Å². The second kappa shape index (κ2) is 6.62. The molecule has 0 aromatic rings. The summed E-state index contributed by atoms with van der Waals surface area (Å²) in [5.74, 6) is -1.95. The molecule has 16 heavy (non-hydrogen) atoms. The molecular weight excluding hydrogens is 218 g/mol. The van der Waals surface area contributed by atoms with Crippen LogP contribution in [0.1, 0.15) is 6.92 Å². The van der Waals surface area contributed by atoms with Gasteiger partial charge in [0.2, 0.25) is 5.91 Å². The van der Waals surface area contributed by atoms with E-state index in [-0.39, 0.29) is 6.61 Å². The molecule has 8 nitrogen and oxygen atoms in total. The first kappa shape index (κ1) is 14.2. The first-order chi connectivity index (χ1) is 7.38. The molecule has 92 valence electrons. The zero-order valence-corrected chi connectivity index (χ0v) is 9.02. The third-order valence-electron chi connectivity index (χ3n) is 1.71. The molecule has 0 aliphatic rings. The van der Waals surface area contributed by atoms with Crippen LogP contribution in [0, 0.1) is 0 Å². The van der Waals surface area contributed by atoms with Crippen molar-refractivity contribution >= 4 is 17.9 Å². The average Bonchev–Trinajstić information content (AvgIpc) is 2.16. The normalized spacial score (nSPS) is 13.6. The summed E-state index contributed by atoms with van der Waals surface area (Å²) in [6.45, 7) is 1.21. The third kappa shape index (κ3) is 5.15. The summed E-state index contributed by atoms with van der Waals surface area (Å²) >= 11 is 0. The Hall–Kier alpha value is -1.83. The third-order valence-corrected chi connectivity index (χ3v) is 1.71. The zero-order chi connectivity index (χ0) is 12.7. The number of carbonyl (C=O) groups is 3. The Labute approximate surface area is 92.1 Å². The molecule has 0 heterocycles. The maximum absolute atomic E-state index is 11.2. The van der Waals surface area contributed by atoms with E-state index in [9.17, 15) is 14.4 Å². The highest BCUT2D eigenvalue weighted by Gasteiger charge is 2.21. The lowest BCUT2D eigenvalue weighted by Crippen LogP contribution is -2.52. The van der Waals surface area contributed by atoms with Gasteiger partial charge in [0.15, 0.2) is 6.04 Å². The van der Waals surface area contributed by atoms with Gasteiger partial charge in [-0.3, -0.25) is 4.79 Å². The predicted molar refractivity (Wildman–Crippen MR) is 53.6 cm³/mol. The molecule has 2 atom stereocenters. The van der Waals surface area contributed by atoms with E-state index in [1.807, 2.05) is 0 Å². The minimum Gasteiger partial charge on any atom is -0.480 e. The zero-order valence-electron chi connectivity index (χ0n) is 9.02. The van der Waals surface area contributed by atoms with Crippen molar-refractivity contribution in [2.45, 2.75) is 19.0 Å². The Bertz CT molecular complexity index is 281. The van der Waals surface area contributed by atoms with E-state index in [1.165, 1.54) is 14.0 Å². The Balaban J connectivity index is 4.19. The van der Waals surface area contributed by atoms with Crippen molar-refractivity contribution in [1.29, 1.82) is 0 Å². The van der Waals surface area contributed by atoms with Crippen LogP contribution in [-0.2, 0) is 14.3 Å². The molecule has 0 aromatic carbocycles. The fourth-order valence-electron chi connectivity index (χ4n) is 0.809. The molecule has 5 N–H and O–H groups in total. The minimum atomic E-state index is -1.23. The molecule has 8 heteroatoms. The summed E-state index contributed by atoms with van der Waals surface area (Å²) in [6.07, 6.45) is 0. The number of carboxylic acid groups (broad SMARTS) is 1. The van der Waals surface area contributed by atoms with Crippen molar-refractivity contribution < 1.29 is 24.2 Å². The second-order valence-corrected chi connectivity index (χ2v) is 3.09. The van der Waals surface area contributed by atoms with Crippen molar-refractivity contribution in [3.8, 4) is 0 Å². The molecule has 0 aliphatic carbocycles. The molecule has 0 aromatic heterocycles. The lowest BCUT2D eigenvalue weighted by molar-refractivity contribution is -0.140. The molecule has 3 amide bonds. The fourth-order valence-corrected chi connectivity index (χ4v) is 0.809. The monoisotopic (exact) mass is 233 g/mol. The molecule has 0 aliphatic heterocycles. The van der Waals surface area contributed by atoms with Gasteiger partial charge in [0.1, 0.15) is 6.04 Å². The van der Waals surface area contributed by atoms with Crippen LogP contribution in [0.2, 0.25) is 0 Å². The van der Waals surface area contributed by atoms with Gasteiger partial charge in [0, 0.05) is 7.11 Å². The van der Waals surface area contributed by atoms with E-state index < -0.39 is 30.0 Å². The van der Waals surface area contributed by atoms with Crippen molar-refractivity contribution in [2.75, 3.05) is 13.7 Å². The van der Waals surface area contributed by atoms with Gasteiger partial charge in [0.25, 0.3) is 0 Å². The summed E-state index contributed by atoms with van der Waals surface area (Å²) in [5.41, 5.74) is 4.91. The largest absolute Gasteiger partial charge is 0.480 e. The highest BCUT2D eigenvalue weighted by Crippen LogP contribution is 1.87. The molecule has 2 unspecified atom stereocenters. The number of nitrogens with one attached hydrogen (secondary N) is 2. The van der Waals surface area contributed by atoms with Gasteiger partial charge in [-0.15, -0.1) is 0 Å². The second-order valence-electron chi connectivity index (χ2n) is 3.09. The molecular formula is C8H15N3O5. The van der Waals surface area contributed by atoms with E-state index in [0.717, 1.165) is 0 Å². The van der Waals surface area contributed by atoms with Crippen LogP contribution < -0.4 is 16.4 Å². The van der Waals surface area contributed by atoms with Crippen molar-refractivity contribution in [3.05, 3.63) is 0 Å². The summed E-state index contributed by atoms with van der Waals surface area (Å²) in [5, 5.41) is 13.0. The van der Waals surface area contributed by atoms with Gasteiger partial charge in [-0.2, -0.15) is 0 Å². The van der Waals surface area contributed by atoms with E-state index in [1.54, 1.807) is 0 Å². The molecule has 0 rings (SSSR count). The Kier molecular flexibility index (Phi) is 5.86. The molecule has 0 saturated carbocycles. The van der Waals surface area contributed by atoms with E-state index in [0.29, 0.717) is 0 Å². The quantitative estimate of drug-likeness (QED) is 0.432. The van der Waals surface area contributed by atoms with Crippen LogP contribution in [-0.4, -0.2) is 48.8 Å². The van der Waals surface area contributed by atoms with Crippen molar-refractivity contribution in [3.63, 3.8) is 0 Å². The van der Waals surface area contributed by atoms with Crippen LogP contribution in [0.25, 0.3) is 0 Å². The highest BCUT2D eigenvalue weighted by atomic mass is 16.5. The minimum absolute atomic E-state index is 0.173. The number of aliphatic carboxylic acids is 1. The maximum atomic E-state index is 11.2. The van der Waals surface area contributed by atoms with Gasteiger partial charge in [-0.25, -0.2) is 9.59 Å².